The van der Waals surface area contributed by atoms with Crippen LogP contribution in [0.2, 0.25) is 0 Å². The summed E-state index contributed by atoms with van der Waals surface area (Å²) in [6.45, 7) is 8.80. The first-order valence-electron chi connectivity index (χ1n) is 5.88. The molecule has 18 heavy (non-hydrogen) atoms. The SMILES string of the molecule is CC(C)(C)OC(=O)C(C)(C)Oc1cccc(N)c1. The van der Waals surface area contributed by atoms with Crippen LogP contribution in [0, 0.1) is 0 Å². The topological polar surface area (TPSA) is 61.5 Å². The lowest BCUT2D eigenvalue weighted by atomic mass is 10.1. The zero-order valence-electron chi connectivity index (χ0n) is 11.6. The highest BCUT2D eigenvalue weighted by atomic mass is 16.6. The van der Waals surface area contributed by atoms with Crippen LogP contribution in [0.1, 0.15) is 34.6 Å². The molecule has 0 bridgehead atoms. The lowest BCUT2D eigenvalue weighted by molar-refractivity contribution is -0.170. The van der Waals surface area contributed by atoms with Gasteiger partial charge >= 0.3 is 5.97 Å². The molecule has 2 N–H and O–H groups in total. The minimum atomic E-state index is -1.05. The Morgan fingerprint density at radius 2 is 1.78 bits per heavy atom. The number of benzene rings is 1. The van der Waals surface area contributed by atoms with E-state index in [-0.39, 0.29) is 0 Å². The minimum Gasteiger partial charge on any atom is -0.476 e. The quantitative estimate of drug-likeness (QED) is 0.663. The predicted octanol–water partition coefficient (Wildman–Crippen LogP) is 2.77. The molecule has 0 radical (unpaired) electrons. The fraction of sp³-hybridized carbons (Fsp3) is 0.500. The van der Waals surface area contributed by atoms with Crippen molar-refractivity contribution in [1.29, 1.82) is 0 Å². The molecule has 0 aliphatic heterocycles. The summed E-state index contributed by atoms with van der Waals surface area (Å²) in [5, 5.41) is 0. The van der Waals surface area contributed by atoms with Crippen LogP contribution in [0.4, 0.5) is 5.69 Å². The van der Waals surface area contributed by atoms with Crippen LogP contribution in [0.25, 0.3) is 0 Å². The van der Waals surface area contributed by atoms with Crippen LogP contribution < -0.4 is 10.5 Å². The van der Waals surface area contributed by atoms with Crippen LogP contribution >= 0.6 is 0 Å². The Bertz CT molecular complexity index is 433. The van der Waals surface area contributed by atoms with Crippen LogP contribution in [-0.4, -0.2) is 17.2 Å². The molecule has 1 rings (SSSR count). The van der Waals surface area contributed by atoms with Crippen molar-refractivity contribution in [3.63, 3.8) is 0 Å². The first kappa shape index (κ1) is 14.4. The maximum Gasteiger partial charge on any atom is 0.350 e. The molecule has 4 heteroatoms. The van der Waals surface area contributed by atoms with Crippen LogP contribution in [0.5, 0.6) is 5.75 Å². The number of carbonyl (C=O) groups excluding carboxylic acids is 1. The number of nitrogen functional groups attached to an aromatic ring is 1. The van der Waals surface area contributed by atoms with E-state index in [4.69, 9.17) is 15.2 Å². The molecule has 0 saturated heterocycles. The molecular formula is C14H21NO3. The van der Waals surface area contributed by atoms with E-state index >= 15 is 0 Å². The number of carbonyl (C=O) groups is 1. The summed E-state index contributed by atoms with van der Waals surface area (Å²) in [6.07, 6.45) is 0. The number of anilines is 1. The van der Waals surface area contributed by atoms with Crippen LogP contribution in [0.15, 0.2) is 24.3 Å². The van der Waals surface area contributed by atoms with Gasteiger partial charge in [-0.3, -0.25) is 0 Å². The van der Waals surface area contributed by atoms with Crippen LogP contribution in [0.3, 0.4) is 0 Å². The van der Waals surface area contributed by atoms with Gasteiger partial charge in [0.25, 0.3) is 0 Å². The Kier molecular flexibility index (Phi) is 3.89. The van der Waals surface area contributed by atoms with Crippen molar-refractivity contribution in [3.8, 4) is 5.75 Å². The van der Waals surface area contributed by atoms with Gasteiger partial charge in [-0.15, -0.1) is 0 Å². The van der Waals surface area contributed by atoms with Crippen LogP contribution in [-0.2, 0) is 9.53 Å². The van der Waals surface area contributed by atoms with Gasteiger partial charge in [0, 0.05) is 11.8 Å². The Morgan fingerprint density at radius 1 is 1.17 bits per heavy atom. The van der Waals surface area contributed by atoms with Gasteiger partial charge in [-0.1, -0.05) is 6.07 Å². The minimum absolute atomic E-state index is 0.405. The molecule has 0 heterocycles. The van der Waals surface area contributed by atoms with Gasteiger partial charge < -0.3 is 15.2 Å². The molecule has 0 amide bonds. The zero-order valence-corrected chi connectivity index (χ0v) is 11.6. The highest BCUT2D eigenvalue weighted by Crippen LogP contribution is 2.23. The highest BCUT2D eigenvalue weighted by Gasteiger charge is 2.34. The van der Waals surface area contributed by atoms with Gasteiger partial charge in [0.2, 0.25) is 0 Å². The van der Waals surface area contributed by atoms with E-state index in [0.29, 0.717) is 11.4 Å². The average molecular weight is 251 g/mol. The Labute approximate surface area is 108 Å². The molecule has 0 aliphatic carbocycles. The third-order valence-electron chi connectivity index (χ3n) is 2.12. The molecule has 0 atom stereocenters. The third-order valence-corrected chi connectivity index (χ3v) is 2.12. The monoisotopic (exact) mass is 251 g/mol. The summed E-state index contributed by atoms with van der Waals surface area (Å²) in [6, 6.07) is 6.96. The molecule has 0 saturated carbocycles. The third kappa shape index (κ3) is 4.28. The van der Waals surface area contributed by atoms with Crippen molar-refractivity contribution in [2.45, 2.75) is 45.8 Å². The van der Waals surface area contributed by atoms with Gasteiger partial charge in [-0.05, 0) is 46.8 Å². The van der Waals surface area contributed by atoms with E-state index in [9.17, 15) is 4.79 Å². The van der Waals surface area contributed by atoms with Crippen molar-refractivity contribution in [2.75, 3.05) is 5.73 Å². The van der Waals surface area contributed by atoms with E-state index in [0.717, 1.165) is 0 Å². The summed E-state index contributed by atoms with van der Waals surface area (Å²) in [5.41, 5.74) is 4.66. The molecule has 0 fully saturated rings. The highest BCUT2D eigenvalue weighted by molar-refractivity contribution is 5.79. The number of esters is 1. The van der Waals surface area contributed by atoms with Crippen molar-refractivity contribution in [3.05, 3.63) is 24.3 Å². The molecule has 0 aliphatic rings. The van der Waals surface area contributed by atoms with Gasteiger partial charge in [0.1, 0.15) is 11.4 Å². The maximum atomic E-state index is 12.0. The number of hydrogen-bond donors (Lipinski definition) is 1. The van der Waals surface area contributed by atoms with Gasteiger partial charge in [0.15, 0.2) is 5.60 Å². The average Bonchev–Trinajstić information content (AvgIpc) is 2.13. The van der Waals surface area contributed by atoms with E-state index in [1.165, 1.54) is 0 Å². The lowest BCUT2D eigenvalue weighted by Gasteiger charge is -2.29. The number of ether oxygens (including phenoxy) is 2. The van der Waals surface area contributed by atoms with Crippen molar-refractivity contribution < 1.29 is 14.3 Å². The summed E-state index contributed by atoms with van der Waals surface area (Å²) in [7, 11) is 0. The fourth-order valence-electron chi connectivity index (χ4n) is 1.32. The molecule has 1 aromatic carbocycles. The molecule has 100 valence electrons. The lowest BCUT2D eigenvalue weighted by Crippen LogP contribution is -2.43. The predicted molar refractivity (Wildman–Crippen MR) is 71.4 cm³/mol. The second-order valence-corrected chi connectivity index (χ2v) is 5.69. The molecule has 4 nitrogen and oxygen atoms in total. The Morgan fingerprint density at radius 3 is 2.28 bits per heavy atom. The molecule has 0 aromatic heterocycles. The van der Waals surface area contributed by atoms with Crippen molar-refractivity contribution in [2.24, 2.45) is 0 Å². The van der Waals surface area contributed by atoms with Crippen molar-refractivity contribution >= 4 is 11.7 Å². The van der Waals surface area contributed by atoms with Gasteiger partial charge in [-0.2, -0.15) is 0 Å². The van der Waals surface area contributed by atoms with Gasteiger partial charge in [0.05, 0.1) is 0 Å². The standard InChI is InChI=1S/C14H21NO3/c1-13(2,3)18-12(16)14(4,5)17-11-8-6-7-10(15)9-11/h6-9H,15H2,1-5H3. The number of nitrogens with two attached hydrogens (primary N) is 1. The second-order valence-electron chi connectivity index (χ2n) is 5.69. The largest absolute Gasteiger partial charge is 0.476 e. The summed E-state index contributed by atoms with van der Waals surface area (Å²) < 4.78 is 10.9. The molecular weight excluding hydrogens is 230 g/mol. The van der Waals surface area contributed by atoms with E-state index in [1.807, 2.05) is 20.8 Å². The normalized spacial score (nSPS) is 12.1. The molecule has 0 spiro atoms. The number of hydrogen-bond acceptors (Lipinski definition) is 4. The zero-order chi connectivity index (χ0) is 14.0. The summed E-state index contributed by atoms with van der Waals surface area (Å²) in [4.78, 5) is 12.0. The first-order valence-corrected chi connectivity index (χ1v) is 5.88. The fourth-order valence-corrected chi connectivity index (χ4v) is 1.32. The summed E-state index contributed by atoms with van der Waals surface area (Å²) >= 11 is 0. The van der Waals surface area contributed by atoms with Crippen molar-refractivity contribution in [1.82, 2.24) is 0 Å². The Balaban J connectivity index is 2.78. The smallest absolute Gasteiger partial charge is 0.350 e. The molecule has 0 unspecified atom stereocenters. The number of rotatable bonds is 3. The second kappa shape index (κ2) is 4.88. The maximum absolute atomic E-state index is 12.0. The summed E-state index contributed by atoms with van der Waals surface area (Å²) in [5.74, 6) is 0.142. The first-order chi connectivity index (χ1) is 8.10. The van der Waals surface area contributed by atoms with E-state index < -0.39 is 17.2 Å². The Hall–Kier alpha value is -1.71. The van der Waals surface area contributed by atoms with E-state index in [1.54, 1.807) is 38.1 Å². The van der Waals surface area contributed by atoms with Gasteiger partial charge in [-0.25, -0.2) is 4.79 Å². The molecule has 1 aromatic rings. The van der Waals surface area contributed by atoms with E-state index in [2.05, 4.69) is 0 Å².